The van der Waals surface area contributed by atoms with E-state index in [9.17, 15) is 9.59 Å². The predicted molar refractivity (Wildman–Crippen MR) is 136 cm³/mol. The summed E-state index contributed by atoms with van der Waals surface area (Å²) >= 11 is 6.76. The fourth-order valence-corrected chi connectivity index (χ4v) is 5.69. The lowest BCUT2D eigenvalue weighted by Crippen LogP contribution is -2.36. The molecule has 0 aromatic heterocycles. The van der Waals surface area contributed by atoms with Crippen LogP contribution in [0.2, 0.25) is 5.02 Å². The molecule has 0 unspecified atom stereocenters. The molecule has 35 heavy (non-hydrogen) atoms. The summed E-state index contributed by atoms with van der Waals surface area (Å²) in [4.78, 5) is 26.2. The Bertz CT molecular complexity index is 1250. The van der Waals surface area contributed by atoms with Crippen molar-refractivity contribution in [3.8, 4) is 11.5 Å². The van der Waals surface area contributed by atoms with E-state index in [1.54, 1.807) is 7.11 Å². The molecule has 5 nitrogen and oxygen atoms in total. The van der Waals surface area contributed by atoms with E-state index < -0.39 is 5.92 Å². The van der Waals surface area contributed by atoms with Gasteiger partial charge >= 0.3 is 0 Å². The van der Waals surface area contributed by atoms with E-state index in [2.05, 4.69) is 31.3 Å². The van der Waals surface area contributed by atoms with Crippen molar-refractivity contribution in [1.29, 1.82) is 0 Å². The van der Waals surface area contributed by atoms with E-state index in [0.29, 0.717) is 47.1 Å². The van der Waals surface area contributed by atoms with Gasteiger partial charge < -0.3 is 14.8 Å². The number of Topliss-reactive ketones (excluding diaryl/α,β-unsaturated/α-hetero) is 2. The summed E-state index contributed by atoms with van der Waals surface area (Å²) in [5.74, 6) is 0.712. The van der Waals surface area contributed by atoms with Crippen molar-refractivity contribution in [2.45, 2.75) is 64.9 Å². The van der Waals surface area contributed by atoms with Gasteiger partial charge in [-0.3, -0.25) is 9.59 Å². The van der Waals surface area contributed by atoms with E-state index >= 15 is 0 Å². The number of carbonyl (C=O) groups is 2. The van der Waals surface area contributed by atoms with Crippen LogP contribution in [0.1, 0.15) is 66.7 Å². The molecule has 0 spiro atoms. The van der Waals surface area contributed by atoms with Crippen molar-refractivity contribution >= 4 is 23.2 Å². The first-order valence-corrected chi connectivity index (χ1v) is 12.6. The zero-order valence-corrected chi connectivity index (χ0v) is 21.2. The van der Waals surface area contributed by atoms with E-state index in [0.717, 1.165) is 48.2 Å². The number of dihydropyridines is 1. The Balaban J connectivity index is 1.54. The van der Waals surface area contributed by atoms with Gasteiger partial charge in [-0.15, -0.1) is 0 Å². The monoisotopic (exact) mass is 491 g/mol. The number of benzene rings is 2. The quantitative estimate of drug-likeness (QED) is 0.536. The number of aryl methyl sites for hydroxylation is 2. The summed E-state index contributed by atoms with van der Waals surface area (Å²) in [5.41, 5.74) is 7.56. The Hall–Kier alpha value is -3.05. The average molecular weight is 492 g/mol. The van der Waals surface area contributed by atoms with Crippen LogP contribution in [0.15, 0.2) is 52.9 Å². The van der Waals surface area contributed by atoms with Crippen LogP contribution in [0.25, 0.3) is 0 Å². The van der Waals surface area contributed by atoms with Crippen LogP contribution < -0.4 is 14.8 Å². The van der Waals surface area contributed by atoms with Crippen LogP contribution in [0.3, 0.4) is 0 Å². The molecule has 0 fully saturated rings. The summed E-state index contributed by atoms with van der Waals surface area (Å²) in [6, 6.07) is 9.92. The van der Waals surface area contributed by atoms with Crippen LogP contribution in [-0.4, -0.2) is 18.7 Å². The first-order valence-electron chi connectivity index (χ1n) is 12.2. The van der Waals surface area contributed by atoms with Crippen molar-refractivity contribution in [1.82, 2.24) is 5.32 Å². The van der Waals surface area contributed by atoms with E-state index in [1.165, 1.54) is 11.1 Å². The second-order valence-corrected chi connectivity index (χ2v) is 10.0. The minimum atomic E-state index is -0.429. The van der Waals surface area contributed by atoms with Crippen LogP contribution in [0, 0.1) is 13.8 Å². The lowest BCUT2D eigenvalue weighted by atomic mass is 9.71. The fourth-order valence-electron chi connectivity index (χ4n) is 5.41. The highest BCUT2D eigenvalue weighted by atomic mass is 35.5. The summed E-state index contributed by atoms with van der Waals surface area (Å²) in [6.45, 7) is 4.51. The summed E-state index contributed by atoms with van der Waals surface area (Å²) in [5, 5.41) is 3.85. The van der Waals surface area contributed by atoms with Gasteiger partial charge in [-0.1, -0.05) is 29.8 Å². The van der Waals surface area contributed by atoms with Gasteiger partial charge in [0.05, 0.1) is 12.1 Å². The smallest absolute Gasteiger partial charge is 0.180 e. The molecule has 1 aliphatic heterocycles. The lowest BCUT2D eigenvalue weighted by molar-refractivity contribution is -0.116. The number of allylic oxidation sites excluding steroid dienone is 4. The molecule has 0 bridgehead atoms. The molecule has 0 atom stereocenters. The SMILES string of the molecule is COc1cc(C2C3=C(CCCC3=O)NC3=C2C(=O)CCC3)cc(Cl)c1OCc1ccc(C)c(C)c1. The fraction of sp³-hybridized carbons (Fsp3) is 0.379. The van der Waals surface area contributed by atoms with E-state index in [-0.39, 0.29) is 11.6 Å². The molecule has 0 saturated carbocycles. The standard InChI is InChI=1S/C29H30ClNO4/c1-16-10-11-18(12-17(16)2)15-35-29-20(30)13-19(14-25(29)34-3)26-27-21(6-4-8-23(27)32)31-22-7-5-9-24(33)28(22)26/h10-14,26,31H,4-9,15H2,1-3H3. The van der Waals surface area contributed by atoms with Crippen LogP contribution >= 0.6 is 11.6 Å². The lowest BCUT2D eigenvalue weighted by Gasteiger charge is -2.37. The van der Waals surface area contributed by atoms with E-state index in [1.807, 2.05) is 18.2 Å². The molecule has 2 aromatic carbocycles. The molecule has 3 aliphatic rings. The second kappa shape index (κ2) is 9.54. The van der Waals surface area contributed by atoms with Crippen molar-refractivity contribution in [2.75, 3.05) is 7.11 Å². The number of nitrogens with one attached hydrogen (secondary N) is 1. The van der Waals surface area contributed by atoms with Crippen LogP contribution in [0.5, 0.6) is 11.5 Å². The maximum atomic E-state index is 13.1. The summed E-state index contributed by atoms with van der Waals surface area (Å²) in [7, 11) is 1.58. The number of carbonyl (C=O) groups excluding carboxylic acids is 2. The normalized spacial score (nSPS) is 18.3. The zero-order valence-electron chi connectivity index (χ0n) is 20.4. The van der Waals surface area contributed by atoms with Crippen molar-refractivity contribution < 1.29 is 19.1 Å². The molecule has 182 valence electrons. The highest BCUT2D eigenvalue weighted by molar-refractivity contribution is 6.32. The van der Waals surface area contributed by atoms with Gasteiger partial charge in [0.25, 0.3) is 0 Å². The molecule has 2 aliphatic carbocycles. The zero-order chi connectivity index (χ0) is 24.7. The highest BCUT2D eigenvalue weighted by Crippen LogP contribution is 2.48. The third kappa shape index (κ3) is 4.38. The second-order valence-electron chi connectivity index (χ2n) is 9.64. The number of ketones is 2. The van der Waals surface area contributed by atoms with Gasteiger partial charge in [-0.05, 0) is 73.9 Å². The highest BCUT2D eigenvalue weighted by Gasteiger charge is 2.40. The van der Waals surface area contributed by atoms with Crippen molar-refractivity contribution in [3.05, 3.63) is 80.1 Å². The third-order valence-corrected chi connectivity index (χ3v) is 7.61. The van der Waals surface area contributed by atoms with E-state index in [4.69, 9.17) is 21.1 Å². The Morgan fingerprint density at radius 1 is 0.914 bits per heavy atom. The molecule has 0 saturated heterocycles. The van der Waals surface area contributed by atoms with Crippen molar-refractivity contribution in [3.63, 3.8) is 0 Å². The molecule has 5 rings (SSSR count). The molecular weight excluding hydrogens is 462 g/mol. The summed E-state index contributed by atoms with van der Waals surface area (Å²) < 4.78 is 11.8. The maximum Gasteiger partial charge on any atom is 0.180 e. The number of rotatable bonds is 5. The number of ether oxygens (including phenoxy) is 2. The Labute approximate surface area is 211 Å². The van der Waals surface area contributed by atoms with Gasteiger partial charge in [0.2, 0.25) is 0 Å². The van der Waals surface area contributed by atoms with Gasteiger partial charge in [-0.2, -0.15) is 0 Å². The van der Waals surface area contributed by atoms with Gasteiger partial charge in [0.15, 0.2) is 23.1 Å². The molecule has 2 aromatic rings. The molecule has 1 heterocycles. The number of halogens is 1. The first-order chi connectivity index (χ1) is 16.9. The third-order valence-electron chi connectivity index (χ3n) is 7.33. The van der Waals surface area contributed by atoms with Crippen LogP contribution in [-0.2, 0) is 16.2 Å². The Morgan fingerprint density at radius 3 is 2.17 bits per heavy atom. The van der Waals surface area contributed by atoms with Gasteiger partial charge in [0.1, 0.15) is 6.61 Å². The molecule has 6 heteroatoms. The Morgan fingerprint density at radius 2 is 1.57 bits per heavy atom. The number of hydrogen-bond donors (Lipinski definition) is 1. The largest absolute Gasteiger partial charge is 0.493 e. The minimum Gasteiger partial charge on any atom is -0.493 e. The molecule has 1 N–H and O–H groups in total. The first kappa shape index (κ1) is 23.7. The average Bonchev–Trinajstić information content (AvgIpc) is 2.84. The van der Waals surface area contributed by atoms with Gasteiger partial charge in [-0.25, -0.2) is 0 Å². The Kier molecular flexibility index (Phi) is 6.45. The number of methoxy groups -OCH3 is 1. The summed E-state index contributed by atoms with van der Waals surface area (Å²) in [6.07, 6.45) is 4.26. The van der Waals surface area contributed by atoms with Crippen molar-refractivity contribution in [2.24, 2.45) is 0 Å². The molecular formula is C29H30ClNO4. The molecule has 0 radical (unpaired) electrons. The minimum absolute atomic E-state index is 0.0961. The maximum absolute atomic E-state index is 13.1. The predicted octanol–water partition coefficient (Wildman–Crippen LogP) is 6.25. The number of hydrogen-bond acceptors (Lipinski definition) is 5. The van der Waals surface area contributed by atoms with Gasteiger partial charge in [0, 0.05) is 41.3 Å². The topological polar surface area (TPSA) is 64.6 Å². The van der Waals surface area contributed by atoms with Crippen LogP contribution in [0.4, 0.5) is 0 Å². The molecule has 0 amide bonds.